The molecule has 0 aromatic heterocycles. The van der Waals surface area contributed by atoms with Crippen molar-refractivity contribution in [3.63, 3.8) is 0 Å². The van der Waals surface area contributed by atoms with Crippen LogP contribution in [-0.4, -0.2) is 25.4 Å². The normalized spacial score (nSPS) is 29.0. The van der Waals surface area contributed by atoms with Crippen LogP contribution in [-0.2, 0) is 11.2 Å². The number of nitrogens with one attached hydrogen (secondary N) is 1. The summed E-state index contributed by atoms with van der Waals surface area (Å²) in [5, 5.41) is 3.47. The zero-order chi connectivity index (χ0) is 14.3. The number of rotatable bonds is 3. The Hall–Kier alpha value is -1.06. The van der Waals surface area contributed by atoms with Gasteiger partial charge in [0, 0.05) is 18.4 Å². The number of ether oxygens (including phenoxy) is 2. The fraction of sp³-hybridized carbons (Fsp3) is 0.647. The van der Waals surface area contributed by atoms with E-state index in [2.05, 4.69) is 44.3 Å². The standard InChI is InChI=1S/C17H25NO2/c1-11-7-14(10-19-11)16(18-4)12-5-6-15-13(8-12)9-17(2,3)20-15/h5-6,8,11,14,16,18H,7,9-10H2,1-4H3. The molecule has 2 heterocycles. The van der Waals surface area contributed by atoms with Gasteiger partial charge in [0.05, 0.1) is 12.7 Å². The van der Waals surface area contributed by atoms with E-state index in [4.69, 9.17) is 9.47 Å². The Balaban J connectivity index is 1.83. The Morgan fingerprint density at radius 1 is 1.35 bits per heavy atom. The van der Waals surface area contributed by atoms with Gasteiger partial charge in [0.2, 0.25) is 0 Å². The molecule has 0 spiro atoms. The van der Waals surface area contributed by atoms with Crippen molar-refractivity contribution in [3.8, 4) is 5.75 Å². The van der Waals surface area contributed by atoms with Gasteiger partial charge in [-0.3, -0.25) is 0 Å². The first-order chi connectivity index (χ1) is 9.48. The molecule has 3 rings (SSSR count). The second-order valence-electron chi connectivity index (χ2n) is 6.81. The fourth-order valence-electron chi connectivity index (χ4n) is 3.58. The maximum Gasteiger partial charge on any atom is 0.123 e. The van der Waals surface area contributed by atoms with Crippen molar-refractivity contribution < 1.29 is 9.47 Å². The maximum atomic E-state index is 5.96. The van der Waals surface area contributed by atoms with Gasteiger partial charge < -0.3 is 14.8 Å². The lowest BCUT2D eigenvalue weighted by molar-refractivity contribution is 0.117. The quantitative estimate of drug-likeness (QED) is 0.919. The Bertz CT molecular complexity index is 498. The molecule has 2 aliphatic heterocycles. The third-order valence-electron chi connectivity index (χ3n) is 4.46. The molecule has 0 aliphatic carbocycles. The van der Waals surface area contributed by atoms with Crippen molar-refractivity contribution in [1.29, 1.82) is 0 Å². The number of fused-ring (bicyclic) bond motifs is 1. The van der Waals surface area contributed by atoms with Crippen molar-refractivity contribution in [1.82, 2.24) is 5.32 Å². The van der Waals surface area contributed by atoms with Gasteiger partial charge in [0.25, 0.3) is 0 Å². The van der Waals surface area contributed by atoms with Gasteiger partial charge in [-0.25, -0.2) is 0 Å². The molecule has 0 saturated carbocycles. The van der Waals surface area contributed by atoms with Crippen molar-refractivity contribution in [2.45, 2.75) is 51.4 Å². The molecule has 3 heteroatoms. The first kappa shape index (κ1) is 13.9. The van der Waals surface area contributed by atoms with E-state index < -0.39 is 0 Å². The SMILES string of the molecule is CNC(c1ccc2c(c1)CC(C)(C)O2)C1COC(C)C1. The minimum absolute atomic E-state index is 0.0684. The van der Waals surface area contributed by atoms with Gasteiger partial charge in [0.15, 0.2) is 0 Å². The summed E-state index contributed by atoms with van der Waals surface area (Å²) in [4.78, 5) is 0. The van der Waals surface area contributed by atoms with Gasteiger partial charge in [-0.15, -0.1) is 0 Å². The predicted octanol–water partition coefficient (Wildman–Crippen LogP) is 3.09. The van der Waals surface area contributed by atoms with Crippen LogP contribution in [0.4, 0.5) is 0 Å². The van der Waals surface area contributed by atoms with Gasteiger partial charge in [0.1, 0.15) is 11.4 Å². The second-order valence-corrected chi connectivity index (χ2v) is 6.81. The minimum Gasteiger partial charge on any atom is -0.487 e. The molecule has 0 radical (unpaired) electrons. The molecule has 3 atom stereocenters. The average Bonchev–Trinajstić information content (AvgIpc) is 2.91. The molecule has 110 valence electrons. The molecule has 1 aromatic rings. The predicted molar refractivity (Wildman–Crippen MR) is 80.2 cm³/mol. The van der Waals surface area contributed by atoms with Crippen LogP contribution in [0.15, 0.2) is 18.2 Å². The average molecular weight is 275 g/mol. The van der Waals surface area contributed by atoms with E-state index in [1.165, 1.54) is 11.1 Å². The lowest BCUT2D eigenvalue weighted by atomic mass is 9.89. The summed E-state index contributed by atoms with van der Waals surface area (Å²) in [6, 6.07) is 7.01. The molecule has 2 aliphatic rings. The summed E-state index contributed by atoms with van der Waals surface area (Å²) in [6.45, 7) is 7.31. The summed E-state index contributed by atoms with van der Waals surface area (Å²) in [7, 11) is 2.04. The topological polar surface area (TPSA) is 30.5 Å². The van der Waals surface area contributed by atoms with Gasteiger partial charge >= 0.3 is 0 Å². The van der Waals surface area contributed by atoms with Crippen molar-refractivity contribution in [2.24, 2.45) is 5.92 Å². The summed E-state index contributed by atoms with van der Waals surface area (Å²) >= 11 is 0. The maximum absolute atomic E-state index is 5.96. The molecule has 1 aromatic carbocycles. The van der Waals surface area contributed by atoms with Gasteiger partial charge in [-0.1, -0.05) is 12.1 Å². The second kappa shape index (κ2) is 5.05. The van der Waals surface area contributed by atoms with Gasteiger partial charge in [-0.05, 0) is 51.4 Å². The summed E-state index contributed by atoms with van der Waals surface area (Å²) in [6.07, 6.45) is 2.50. The highest BCUT2D eigenvalue weighted by Gasteiger charge is 2.33. The highest BCUT2D eigenvalue weighted by atomic mass is 16.5. The van der Waals surface area contributed by atoms with Crippen LogP contribution in [0.3, 0.4) is 0 Å². The highest BCUT2D eigenvalue weighted by Crippen LogP contribution is 2.38. The Morgan fingerprint density at radius 3 is 2.80 bits per heavy atom. The molecule has 1 saturated heterocycles. The molecular formula is C17H25NO2. The van der Waals surface area contributed by atoms with Crippen LogP contribution in [0, 0.1) is 5.92 Å². The lowest BCUT2D eigenvalue weighted by Gasteiger charge is -2.23. The monoisotopic (exact) mass is 275 g/mol. The van der Waals surface area contributed by atoms with Crippen LogP contribution in [0.2, 0.25) is 0 Å². The molecule has 20 heavy (non-hydrogen) atoms. The lowest BCUT2D eigenvalue weighted by Crippen LogP contribution is -2.26. The number of hydrogen-bond acceptors (Lipinski definition) is 3. The Labute approximate surface area is 121 Å². The molecule has 3 unspecified atom stereocenters. The number of benzene rings is 1. The zero-order valence-electron chi connectivity index (χ0n) is 12.9. The van der Waals surface area contributed by atoms with Crippen molar-refractivity contribution in [2.75, 3.05) is 13.7 Å². The number of hydrogen-bond donors (Lipinski definition) is 1. The van der Waals surface area contributed by atoms with E-state index in [9.17, 15) is 0 Å². The minimum atomic E-state index is -0.0684. The zero-order valence-corrected chi connectivity index (χ0v) is 12.9. The van der Waals surface area contributed by atoms with Crippen molar-refractivity contribution in [3.05, 3.63) is 29.3 Å². The van der Waals surface area contributed by atoms with Crippen LogP contribution < -0.4 is 10.1 Å². The molecule has 0 bridgehead atoms. The molecular weight excluding hydrogens is 250 g/mol. The Kier molecular flexibility index (Phi) is 3.51. The first-order valence-electron chi connectivity index (χ1n) is 7.59. The van der Waals surface area contributed by atoms with E-state index >= 15 is 0 Å². The van der Waals surface area contributed by atoms with E-state index in [-0.39, 0.29) is 5.60 Å². The third kappa shape index (κ3) is 2.57. The van der Waals surface area contributed by atoms with Crippen LogP contribution >= 0.6 is 0 Å². The molecule has 0 amide bonds. The highest BCUT2D eigenvalue weighted by molar-refractivity contribution is 5.42. The van der Waals surface area contributed by atoms with Crippen LogP contribution in [0.25, 0.3) is 0 Å². The van der Waals surface area contributed by atoms with E-state index in [0.717, 1.165) is 25.2 Å². The largest absolute Gasteiger partial charge is 0.487 e. The van der Waals surface area contributed by atoms with E-state index in [1.54, 1.807) is 0 Å². The van der Waals surface area contributed by atoms with E-state index in [0.29, 0.717) is 18.1 Å². The smallest absolute Gasteiger partial charge is 0.123 e. The fourth-order valence-corrected chi connectivity index (χ4v) is 3.58. The summed E-state index contributed by atoms with van der Waals surface area (Å²) in [5.74, 6) is 1.60. The summed E-state index contributed by atoms with van der Waals surface area (Å²) < 4.78 is 11.7. The van der Waals surface area contributed by atoms with Crippen LogP contribution in [0.5, 0.6) is 5.75 Å². The molecule has 3 nitrogen and oxygen atoms in total. The third-order valence-corrected chi connectivity index (χ3v) is 4.46. The van der Waals surface area contributed by atoms with E-state index in [1.807, 2.05) is 7.05 Å². The molecule has 1 N–H and O–H groups in total. The van der Waals surface area contributed by atoms with Crippen LogP contribution in [0.1, 0.15) is 44.4 Å². The molecule has 1 fully saturated rings. The van der Waals surface area contributed by atoms with Gasteiger partial charge in [-0.2, -0.15) is 0 Å². The summed E-state index contributed by atoms with van der Waals surface area (Å²) in [5.41, 5.74) is 2.62. The van der Waals surface area contributed by atoms with Crippen molar-refractivity contribution >= 4 is 0 Å². The Morgan fingerprint density at radius 2 is 2.15 bits per heavy atom. The first-order valence-corrected chi connectivity index (χ1v) is 7.59.